The zero-order valence-corrected chi connectivity index (χ0v) is 67.8. The Labute approximate surface area is 694 Å². The molecule has 0 saturated carbocycles. The predicted octanol–water partition coefficient (Wildman–Crippen LogP) is -0.367. The summed E-state index contributed by atoms with van der Waals surface area (Å²) in [5.74, 6) is -16.6. The molecule has 0 bridgehead atoms. The van der Waals surface area contributed by atoms with E-state index >= 15 is 14.4 Å². The number of thioether (sulfide) groups is 1. The number of aliphatic hydroxyl groups excluding tert-OH is 1. The molecule has 0 unspecified atom stereocenters. The van der Waals surface area contributed by atoms with Gasteiger partial charge in [-0.15, -0.1) is 11.8 Å². The van der Waals surface area contributed by atoms with E-state index in [9.17, 15) is 57.8 Å². The molecule has 1 saturated heterocycles. The van der Waals surface area contributed by atoms with Crippen molar-refractivity contribution in [2.75, 3.05) is 37.7 Å². The molecule has 35 nitrogen and oxygen atoms in total. The first-order valence-corrected chi connectivity index (χ1v) is 40.4. The van der Waals surface area contributed by atoms with Crippen molar-refractivity contribution in [2.45, 2.75) is 158 Å². The van der Waals surface area contributed by atoms with Crippen LogP contribution in [0.2, 0.25) is 10.0 Å². The van der Waals surface area contributed by atoms with Crippen molar-refractivity contribution in [3.8, 4) is 0 Å². The van der Waals surface area contributed by atoms with Crippen LogP contribution >= 0.6 is 35.0 Å². The quantitative estimate of drug-likeness (QED) is 0.0234. The summed E-state index contributed by atoms with van der Waals surface area (Å²) in [4.78, 5) is 208. The molecule has 8 rings (SSSR count). The Morgan fingerprint density at radius 1 is 0.492 bits per heavy atom. The zero-order valence-electron chi connectivity index (χ0n) is 65.5. The van der Waals surface area contributed by atoms with Crippen LogP contribution in [0.1, 0.15) is 88.5 Å². The first kappa shape index (κ1) is 91.7. The number of aromatic amines is 2. The highest BCUT2D eigenvalue weighted by atomic mass is 35.5. The molecule has 25 N–H and O–H groups in total. The maximum absolute atomic E-state index is 15.1. The van der Waals surface area contributed by atoms with Gasteiger partial charge in [0.15, 0.2) is 5.96 Å². The summed E-state index contributed by atoms with van der Waals surface area (Å²) >= 11 is 13.5. The molecule has 0 aliphatic carbocycles. The van der Waals surface area contributed by atoms with Crippen LogP contribution in [0.4, 0.5) is 0 Å². The standard InChI is InChI=1S/C80H102Cl2N20O15S/c1-41(2)67-78(116)94-56(20-11-12-26-83)72(110)96-59(32-47-35-89-53-18-9-7-16-49(47)53)76(114)102-68(42(3)4)79(117)100-63(69(85)107)39-118-40-66(106)93-57(31-44-23-25-51(81)52(82)29-44)73(111)95-58(30-43-22-24-45-14-5-6-15-46(45)28-43)74(112)99-62(38-103)70(108)91-37-65(105)92-55(21-13-27-88-80(86)87)71(109)98-61(34-64(84)104)75(113)97-60(77(115)101-67)33-48-36-90-54-19-10-8-17-50(48)54/h5-10,14-19,22-25,28-29,35-36,41-42,55-63,67-68,89-90,103H,11-13,20-21,26-27,30-34,37-40,83H2,1-4H3,(H2,84,104)(H2,85,107)(H,91,108)(H,92,105)(H,93,106)(H,94,116)(H,95,111)(H,96,110)(H,97,113)(H,98,109)(H,99,112)(H,100,117)(H,101,115)(H,102,114)(H4,86,87,88)/t55-,56-,57-,58-,59-,60-,61-,62-,63-,67-,68-/m0/s1. The van der Waals surface area contributed by atoms with E-state index < -0.39 is 192 Å². The number of aromatic nitrogens is 2. The highest BCUT2D eigenvalue weighted by molar-refractivity contribution is 8.00. The van der Waals surface area contributed by atoms with E-state index in [2.05, 4.69) is 79.1 Å². The first-order valence-electron chi connectivity index (χ1n) is 38.4. The van der Waals surface area contributed by atoms with Gasteiger partial charge in [-0.05, 0) is 108 Å². The third kappa shape index (κ3) is 27.1. The number of nitrogens with one attached hydrogen (secondary N) is 16. The lowest BCUT2D eigenvalue weighted by Gasteiger charge is -2.29. The predicted molar refractivity (Wildman–Crippen MR) is 445 cm³/mol. The van der Waals surface area contributed by atoms with Gasteiger partial charge in [0.1, 0.15) is 66.5 Å². The van der Waals surface area contributed by atoms with Gasteiger partial charge >= 0.3 is 0 Å². The Hall–Kier alpha value is -11.9. The van der Waals surface area contributed by atoms with Crippen molar-refractivity contribution >= 4 is 156 Å². The number of amides is 14. The lowest BCUT2D eigenvalue weighted by atomic mass is 9.98. The van der Waals surface area contributed by atoms with Crippen LogP contribution < -0.4 is 92.1 Å². The number of hydrogen-bond donors (Lipinski definition) is 21. The second-order valence-corrected chi connectivity index (χ2v) is 31.2. The molecule has 38 heteroatoms. The third-order valence-electron chi connectivity index (χ3n) is 19.6. The lowest BCUT2D eigenvalue weighted by molar-refractivity contribution is -0.137. The summed E-state index contributed by atoms with van der Waals surface area (Å²) in [7, 11) is 0. The van der Waals surface area contributed by atoms with Gasteiger partial charge in [0.05, 0.1) is 35.4 Å². The molecule has 118 heavy (non-hydrogen) atoms. The summed E-state index contributed by atoms with van der Waals surface area (Å²) in [6.07, 6.45) is 1.63. The Morgan fingerprint density at radius 3 is 1.49 bits per heavy atom. The number of hydrogen-bond acceptors (Lipinski definition) is 18. The van der Waals surface area contributed by atoms with Crippen molar-refractivity contribution in [3.05, 3.63) is 154 Å². The molecular formula is C80H102Cl2N20O15S. The molecule has 3 heterocycles. The average Bonchev–Trinajstić information content (AvgIpc) is 1.62. The highest BCUT2D eigenvalue weighted by Gasteiger charge is 2.39. The molecule has 0 spiro atoms. The molecule has 1 fully saturated rings. The number of fused-ring (bicyclic) bond motifs is 3. The van der Waals surface area contributed by atoms with Gasteiger partial charge in [0.25, 0.3) is 0 Å². The van der Waals surface area contributed by atoms with Crippen molar-refractivity contribution in [2.24, 2.45) is 34.8 Å². The number of carbonyl (C=O) groups is 14. The van der Waals surface area contributed by atoms with Gasteiger partial charge in [-0.25, -0.2) is 0 Å². The summed E-state index contributed by atoms with van der Waals surface area (Å²) in [6.45, 7) is 4.55. The van der Waals surface area contributed by atoms with E-state index in [4.69, 9.17) is 51.5 Å². The number of aliphatic hydroxyl groups is 1. The molecule has 7 aromatic rings. The van der Waals surface area contributed by atoms with E-state index in [1.54, 1.807) is 113 Å². The number of carbonyl (C=O) groups excluding carboxylic acids is 14. The van der Waals surface area contributed by atoms with Crippen molar-refractivity contribution in [3.63, 3.8) is 0 Å². The number of benzene rings is 5. The molecule has 1 aliphatic rings. The molecule has 0 radical (unpaired) electrons. The van der Waals surface area contributed by atoms with Crippen molar-refractivity contribution < 1.29 is 72.2 Å². The summed E-state index contributed by atoms with van der Waals surface area (Å²) in [6, 6.07) is 13.7. The summed E-state index contributed by atoms with van der Waals surface area (Å²) in [5.41, 5.74) is 26.3. The van der Waals surface area contributed by atoms with Crippen LogP contribution in [-0.2, 0) is 92.8 Å². The molecule has 2 aromatic heterocycles. The van der Waals surface area contributed by atoms with Gasteiger partial charge in [0, 0.05) is 72.2 Å². The summed E-state index contributed by atoms with van der Waals surface area (Å²) < 4.78 is 0. The van der Waals surface area contributed by atoms with E-state index in [-0.39, 0.29) is 80.3 Å². The van der Waals surface area contributed by atoms with Gasteiger partial charge in [-0.1, -0.05) is 136 Å². The second-order valence-electron chi connectivity index (χ2n) is 29.3. The zero-order chi connectivity index (χ0) is 85.9. The number of para-hydroxylation sites is 2. The molecule has 11 atom stereocenters. The number of halogens is 2. The van der Waals surface area contributed by atoms with Crippen LogP contribution in [0.25, 0.3) is 32.6 Å². The number of H-pyrrole nitrogens is 2. The fourth-order valence-electron chi connectivity index (χ4n) is 13.2. The average molecular weight is 1690 g/mol. The number of primary amides is 2. The van der Waals surface area contributed by atoms with Crippen LogP contribution in [0.3, 0.4) is 0 Å². The Bertz CT molecular complexity index is 4810. The van der Waals surface area contributed by atoms with Gasteiger partial charge in [-0.3, -0.25) is 72.5 Å². The molecule has 14 amide bonds. The molecule has 632 valence electrons. The number of nitrogens with two attached hydrogens (primary N) is 4. The van der Waals surface area contributed by atoms with Gasteiger partial charge in [0.2, 0.25) is 82.7 Å². The maximum Gasteiger partial charge on any atom is 0.245 e. The van der Waals surface area contributed by atoms with Gasteiger partial charge < -0.3 is 107 Å². The minimum atomic E-state index is -1.88. The fraction of sp³-hybridized carbons (Fsp3) is 0.412. The number of guanidine groups is 1. The fourth-order valence-corrected chi connectivity index (χ4v) is 14.4. The van der Waals surface area contributed by atoms with Crippen LogP contribution in [-0.4, -0.2) is 208 Å². The van der Waals surface area contributed by atoms with E-state index in [1.807, 2.05) is 18.2 Å². The van der Waals surface area contributed by atoms with Gasteiger partial charge in [-0.2, -0.15) is 0 Å². The SMILES string of the molecule is CC(C)[C@@H]1NC(=O)[C@H](Cc2c[nH]c3ccccc23)NC(=O)[C@H](CCCCN)NC(=O)[C@H](C(C)C)NC(=O)[C@H](Cc2c[nH]c3ccccc23)NC(=O)[C@H](CC(N)=O)NC(=O)[C@H](CCCNC(=N)N)NC(=O)CNC(=O)[C@H](CO)NC(=O)[C@H](Cc2ccc3ccccc3c2)NC(=O)[C@H](Cc2ccc(Cl)c(Cl)c2)NC(=O)CSC[C@@H](C(N)=O)NC1=O. The minimum absolute atomic E-state index is 0.00689. The van der Waals surface area contributed by atoms with Crippen LogP contribution in [0.15, 0.2) is 122 Å². The second kappa shape index (κ2) is 44.5. The maximum atomic E-state index is 15.1. The molecule has 5 aromatic carbocycles. The highest BCUT2D eigenvalue weighted by Crippen LogP contribution is 2.26. The largest absolute Gasteiger partial charge is 0.394 e. The molecule has 1 aliphatic heterocycles. The number of unbranched alkanes of at least 4 members (excludes halogenated alkanes) is 1. The van der Waals surface area contributed by atoms with Crippen LogP contribution in [0, 0.1) is 17.2 Å². The Morgan fingerprint density at radius 2 is 0.949 bits per heavy atom. The normalized spacial score (nSPS) is 22.3. The summed E-state index contributed by atoms with van der Waals surface area (Å²) in [5, 5.41) is 55.4. The Balaban J connectivity index is 1.17. The van der Waals surface area contributed by atoms with Crippen molar-refractivity contribution in [1.82, 2.24) is 79.1 Å². The molecular weight excluding hydrogens is 1580 g/mol. The lowest BCUT2D eigenvalue weighted by Crippen LogP contribution is -2.62. The third-order valence-corrected chi connectivity index (χ3v) is 21.4. The Kier molecular flexibility index (Phi) is 34.5. The van der Waals surface area contributed by atoms with Crippen molar-refractivity contribution in [1.29, 1.82) is 5.41 Å². The van der Waals surface area contributed by atoms with E-state index in [1.165, 1.54) is 18.2 Å². The first-order chi connectivity index (χ1) is 56.3. The van der Waals surface area contributed by atoms with E-state index in [0.717, 1.165) is 22.5 Å². The smallest absolute Gasteiger partial charge is 0.245 e. The van der Waals surface area contributed by atoms with Crippen LogP contribution in [0.5, 0.6) is 0 Å². The van der Waals surface area contributed by atoms with E-state index in [0.29, 0.717) is 50.5 Å². The topological polar surface area (TPSA) is 575 Å². The minimum Gasteiger partial charge on any atom is -0.394 e. The monoisotopic (exact) mass is 1680 g/mol. The number of rotatable bonds is 22.